The first-order chi connectivity index (χ1) is 16.6. The molecular weight excluding hydrogens is 422 g/mol. The number of carbonyl (C=O) groups excluding carboxylic acids is 1. The lowest BCUT2D eigenvalue weighted by Crippen LogP contribution is -2.42. The number of imidazole rings is 1. The van der Waals surface area contributed by atoms with E-state index in [0.29, 0.717) is 0 Å². The van der Waals surface area contributed by atoms with Crippen molar-refractivity contribution in [3.63, 3.8) is 0 Å². The van der Waals surface area contributed by atoms with Crippen molar-refractivity contribution in [2.24, 2.45) is 5.92 Å². The van der Waals surface area contributed by atoms with Gasteiger partial charge in [0.25, 0.3) is 0 Å². The van der Waals surface area contributed by atoms with Gasteiger partial charge in [0.2, 0.25) is 11.9 Å². The minimum Gasteiger partial charge on any atom is -0.356 e. The molecule has 2 heterocycles. The van der Waals surface area contributed by atoms with Gasteiger partial charge in [0.05, 0.1) is 17.6 Å². The number of aromatic nitrogens is 2. The number of amides is 1. The third kappa shape index (κ3) is 5.61. The van der Waals surface area contributed by atoms with E-state index in [1.54, 1.807) is 0 Å². The van der Waals surface area contributed by atoms with Crippen molar-refractivity contribution >= 4 is 22.9 Å². The van der Waals surface area contributed by atoms with Crippen LogP contribution in [-0.2, 0) is 11.3 Å². The van der Waals surface area contributed by atoms with E-state index >= 15 is 0 Å². The fourth-order valence-electron chi connectivity index (χ4n) is 4.96. The molecule has 1 saturated heterocycles. The van der Waals surface area contributed by atoms with Crippen molar-refractivity contribution in [1.29, 1.82) is 0 Å². The molecule has 182 valence electrons. The second kappa shape index (κ2) is 11.5. The van der Waals surface area contributed by atoms with Crippen molar-refractivity contribution in [2.75, 3.05) is 44.2 Å². The Morgan fingerprint density at radius 2 is 1.76 bits per heavy atom. The van der Waals surface area contributed by atoms with Gasteiger partial charge in [-0.05, 0) is 69.1 Å². The summed E-state index contributed by atoms with van der Waals surface area (Å²) in [6, 6.07) is 16.9. The summed E-state index contributed by atoms with van der Waals surface area (Å²) >= 11 is 0. The first kappa shape index (κ1) is 24.3. The standard InChI is InChI=1S/C28H39N5O/c1-4-31(5-2)18-10-17-29-27(34)23-15-19-32(20-16-23)28-30-25-13-8-9-14-26(25)33(28)21-24-12-7-6-11-22(24)3/h6-9,11-14,23H,4-5,10,15-21H2,1-3H3,(H,29,34). The summed E-state index contributed by atoms with van der Waals surface area (Å²) in [5.41, 5.74) is 4.79. The lowest BCUT2D eigenvalue weighted by atomic mass is 9.96. The quantitative estimate of drug-likeness (QED) is 0.453. The van der Waals surface area contributed by atoms with Crippen LogP contribution in [0.5, 0.6) is 0 Å². The fraction of sp³-hybridized carbons (Fsp3) is 0.500. The van der Waals surface area contributed by atoms with Gasteiger partial charge in [0.15, 0.2) is 0 Å². The zero-order valence-electron chi connectivity index (χ0n) is 21.0. The molecule has 0 saturated carbocycles. The Hall–Kier alpha value is -2.86. The lowest BCUT2D eigenvalue weighted by molar-refractivity contribution is -0.125. The van der Waals surface area contributed by atoms with Crippen LogP contribution in [0.15, 0.2) is 48.5 Å². The SMILES string of the molecule is CCN(CC)CCCNC(=O)C1CCN(c2nc3ccccc3n2Cc2ccccc2C)CC1. The molecule has 3 aromatic rings. The number of para-hydroxylation sites is 2. The van der Waals surface area contributed by atoms with Crippen LogP contribution in [0.25, 0.3) is 11.0 Å². The highest BCUT2D eigenvalue weighted by Gasteiger charge is 2.27. The highest BCUT2D eigenvalue weighted by Crippen LogP contribution is 2.28. The molecule has 6 heteroatoms. The van der Waals surface area contributed by atoms with Crippen LogP contribution in [0.4, 0.5) is 5.95 Å². The van der Waals surface area contributed by atoms with E-state index in [1.165, 1.54) is 11.1 Å². The van der Waals surface area contributed by atoms with Gasteiger partial charge in [-0.2, -0.15) is 0 Å². The van der Waals surface area contributed by atoms with Crippen molar-refractivity contribution in [3.05, 3.63) is 59.7 Å². The molecule has 1 aliphatic heterocycles. The first-order valence-electron chi connectivity index (χ1n) is 12.9. The smallest absolute Gasteiger partial charge is 0.223 e. The minimum atomic E-state index is 0.0962. The Balaban J connectivity index is 1.39. The van der Waals surface area contributed by atoms with E-state index in [-0.39, 0.29) is 11.8 Å². The summed E-state index contributed by atoms with van der Waals surface area (Å²) < 4.78 is 2.34. The predicted octanol–water partition coefficient (Wildman–Crippen LogP) is 4.46. The van der Waals surface area contributed by atoms with E-state index < -0.39 is 0 Å². The number of nitrogens with zero attached hydrogens (tertiary/aromatic N) is 4. The molecule has 1 fully saturated rings. The lowest BCUT2D eigenvalue weighted by Gasteiger charge is -2.32. The van der Waals surface area contributed by atoms with Crippen molar-refractivity contribution in [1.82, 2.24) is 19.8 Å². The summed E-state index contributed by atoms with van der Waals surface area (Å²) in [6.07, 6.45) is 2.75. The van der Waals surface area contributed by atoms with Crippen LogP contribution < -0.4 is 10.2 Å². The van der Waals surface area contributed by atoms with Gasteiger partial charge in [0, 0.05) is 25.6 Å². The van der Waals surface area contributed by atoms with Crippen molar-refractivity contribution in [2.45, 2.75) is 46.6 Å². The van der Waals surface area contributed by atoms with E-state index in [0.717, 1.165) is 82.1 Å². The number of fused-ring (bicyclic) bond motifs is 1. The van der Waals surface area contributed by atoms with Gasteiger partial charge >= 0.3 is 0 Å². The summed E-state index contributed by atoms with van der Waals surface area (Å²) in [5.74, 6) is 1.33. The largest absolute Gasteiger partial charge is 0.356 e. The summed E-state index contributed by atoms with van der Waals surface area (Å²) in [6.45, 7) is 13.0. The minimum absolute atomic E-state index is 0.0962. The average Bonchev–Trinajstić information content (AvgIpc) is 3.24. The van der Waals surface area contributed by atoms with Gasteiger partial charge in [-0.25, -0.2) is 4.98 Å². The second-order valence-corrected chi connectivity index (χ2v) is 9.35. The Bertz CT molecular complexity index is 1080. The van der Waals surface area contributed by atoms with E-state index in [9.17, 15) is 4.79 Å². The van der Waals surface area contributed by atoms with E-state index in [1.807, 2.05) is 6.07 Å². The number of rotatable bonds is 10. The molecule has 4 rings (SSSR count). The highest BCUT2D eigenvalue weighted by molar-refractivity contribution is 5.80. The van der Waals surface area contributed by atoms with Gasteiger partial charge in [-0.15, -0.1) is 0 Å². The maximum absolute atomic E-state index is 12.7. The molecule has 6 nitrogen and oxygen atoms in total. The number of aryl methyl sites for hydroxylation is 1. The fourth-order valence-corrected chi connectivity index (χ4v) is 4.96. The third-order valence-electron chi connectivity index (χ3n) is 7.22. The first-order valence-corrected chi connectivity index (χ1v) is 12.9. The molecule has 1 aliphatic rings. The molecule has 34 heavy (non-hydrogen) atoms. The summed E-state index contributed by atoms with van der Waals surface area (Å²) in [5, 5.41) is 3.18. The maximum atomic E-state index is 12.7. The van der Waals surface area contributed by atoms with Gasteiger partial charge in [-0.3, -0.25) is 4.79 Å². The summed E-state index contributed by atoms with van der Waals surface area (Å²) in [4.78, 5) is 22.5. The number of nitrogens with one attached hydrogen (secondary N) is 1. The molecule has 1 aromatic heterocycles. The van der Waals surface area contributed by atoms with Crippen molar-refractivity contribution in [3.8, 4) is 0 Å². The molecule has 0 unspecified atom stereocenters. The number of carbonyl (C=O) groups is 1. The van der Waals surface area contributed by atoms with Gasteiger partial charge in [-0.1, -0.05) is 50.2 Å². The van der Waals surface area contributed by atoms with Crippen LogP contribution in [0.2, 0.25) is 0 Å². The normalized spacial score (nSPS) is 14.8. The van der Waals surface area contributed by atoms with Crippen LogP contribution in [0.3, 0.4) is 0 Å². The van der Waals surface area contributed by atoms with E-state index in [4.69, 9.17) is 4.98 Å². The highest BCUT2D eigenvalue weighted by atomic mass is 16.1. The Morgan fingerprint density at radius 1 is 1.06 bits per heavy atom. The molecule has 0 spiro atoms. The number of anilines is 1. The molecule has 1 amide bonds. The third-order valence-corrected chi connectivity index (χ3v) is 7.22. The molecular formula is C28H39N5O. The Morgan fingerprint density at radius 3 is 2.50 bits per heavy atom. The number of piperidine rings is 1. The summed E-state index contributed by atoms with van der Waals surface area (Å²) in [7, 11) is 0. The topological polar surface area (TPSA) is 53.4 Å². The molecule has 0 radical (unpaired) electrons. The van der Waals surface area contributed by atoms with Crippen LogP contribution in [0, 0.1) is 12.8 Å². The van der Waals surface area contributed by atoms with Gasteiger partial charge < -0.3 is 19.7 Å². The molecule has 0 atom stereocenters. The predicted molar refractivity (Wildman–Crippen MR) is 140 cm³/mol. The number of benzene rings is 2. The van der Waals surface area contributed by atoms with Gasteiger partial charge in [0.1, 0.15) is 0 Å². The molecule has 0 bridgehead atoms. The zero-order valence-corrected chi connectivity index (χ0v) is 21.0. The second-order valence-electron chi connectivity index (χ2n) is 9.35. The Labute approximate surface area is 204 Å². The average molecular weight is 462 g/mol. The Kier molecular flexibility index (Phi) is 8.22. The monoisotopic (exact) mass is 461 g/mol. The molecule has 1 N–H and O–H groups in total. The van der Waals surface area contributed by atoms with Crippen LogP contribution >= 0.6 is 0 Å². The van der Waals surface area contributed by atoms with E-state index in [2.05, 4.69) is 82.9 Å². The van der Waals surface area contributed by atoms with Crippen molar-refractivity contribution < 1.29 is 4.79 Å². The number of hydrogen-bond donors (Lipinski definition) is 1. The zero-order chi connectivity index (χ0) is 23.9. The maximum Gasteiger partial charge on any atom is 0.223 e. The molecule has 2 aromatic carbocycles. The molecule has 0 aliphatic carbocycles. The van der Waals surface area contributed by atoms with Crippen LogP contribution in [0.1, 0.15) is 44.2 Å². The van der Waals surface area contributed by atoms with Crippen LogP contribution in [-0.4, -0.2) is 59.6 Å². The number of hydrogen-bond acceptors (Lipinski definition) is 4.